The quantitative estimate of drug-likeness (QED) is 0.156. The molecule has 36 heavy (non-hydrogen) atoms. The van der Waals surface area contributed by atoms with Gasteiger partial charge in [-0.1, -0.05) is 31.9 Å². The number of anilines is 1. The van der Waals surface area contributed by atoms with Crippen LogP contribution in [-0.4, -0.2) is 38.4 Å². The van der Waals surface area contributed by atoms with Crippen LogP contribution in [0.5, 0.6) is 5.75 Å². The second-order valence-corrected chi connectivity index (χ2v) is 8.61. The third kappa shape index (κ3) is 4.33. The Morgan fingerprint density at radius 1 is 1.03 bits per heavy atom. The van der Waals surface area contributed by atoms with Gasteiger partial charge in [0.1, 0.15) is 11.5 Å². The molecule has 8 heteroatoms. The van der Waals surface area contributed by atoms with Gasteiger partial charge in [0.2, 0.25) is 5.95 Å². The largest absolute Gasteiger partial charge is 0.507 e. The molecule has 0 aliphatic carbocycles. The van der Waals surface area contributed by atoms with Crippen LogP contribution < -0.4 is 9.64 Å². The summed E-state index contributed by atoms with van der Waals surface area (Å²) in [6.45, 7) is 2.75. The number of nitrogens with one attached hydrogen (secondary N) is 1. The number of amides is 1. The first-order valence-electron chi connectivity index (χ1n) is 12.0. The predicted octanol–water partition coefficient (Wildman–Crippen LogP) is 5.15. The Kier molecular flexibility index (Phi) is 6.49. The number of nitrogens with zero attached hydrogens (tertiary/aromatic N) is 3. The zero-order valence-corrected chi connectivity index (χ0v) is 19.8. The number of imidazole rings is 1. The Labute approximate surface area is 208 Å². The monoisotopic (exact) mass is 482 g/mol. The molecule has 1 atom stereocenters. The van der Waals surface area contributed by atoms with E-state index < -0.39 is 17.7 Å². The van der Waals surface area contributed by atoms with Crippen molar-refractivity contribution in [3.05, 3.63) is 89.8 Å². The van der Waals surface area contributed by atoms with Gasteiger partial charge in [0.05, 0.1) is 29.3 Å². The second kappa shape index (κ2) is 10.0. The number of Topliss-reactive ketones (excluding diaryl/α,β-unsaturated/α-hetero) is 1. The second-order valence-electron chi connectivity index (χ2n) is 8.61. The number of ketones is 1. The van der Waals surface area contributed by atoms with Crippen molar-refractivity contribution in [2.75, 3.05) is 11.5 Å². The summed E-state index contributed by atoms with van der Waals surface area (Å²) in [6, 6.07) is 16.8. The van der Waals surface area contributed by atoms with Crippen molar-refractivity contribution in [3.8, 4) is 5.75 Å². The molecule has 3 heterocycles. The van der Waals surface area contributed by atoms with Crippen molar-refractivity contribution >= 4 is 34.4 Å². The molecule has 0 saturated carbocycles. The normalized spacial score (nSPS) is 17.1. The first-order valence-corrected chi connectivity index (χ1v) is 12.0. The number of benzene rings is 2. The summed E-state index contributed by atoms with van der Waals surface area (Å²) >= 11 is 0. The van der Waals surface area contributed by atoms with Crippen molar-refractivity contribution in [3.63, 3.8) is 0 Å². The third-order valence-electron chi connectivity index (χ3n) is 6.22. The molecule has 1 amide bonds. The average molecular weight is 483 g/mol. The minimum absolute atomic E-state index is 0.0109. The molecule has 0 bridgehead atoms. The fourth-order valence-corrected chi connectivity index (χ4v) is 4.37. The van der Waals surface area contributed by atoms with Crippen LogP contribution in [0, 0.1) is 0 Å². The van der Waals surface area contributed by atoms with E-state index in [1.807, 2.05) is 24.3 Å². The van der Waals surface area contributed by atoms with Crippen molar-refractivity contribution in [2.24, 2.45) is 0 Å². The summed E-state index contributed by atoms with van der Waals surface area (Å²) in [5, 5.41) is 11.3. The fraction of sp³-hybridized carbons (Fsp3) is 0.214. The van der Waals surface area contributed by atoms with E-state index in [1.165, 1.54) is 4.90 Å². The molecule has 1 saturated heterocycles. The molecular weight excluding hydrogens is 456 g/mol. The van der Waals surface area contributed by atoms with Gasteiger partial charge >= 0.3 is 5.91 Å². The maximum absolute atomic E-state index is 13.3. The third-order valence-corrected chi connectivity index (χ3v) is 6.22. The van der Waals surface area contributed by atoms with Gasteiger partial charge in [-0.15, -0.1) is 0 Å². The van der Waals surface area contributed by atoms with E-state index in [0.29, 0.717) is 29.0 Å². The Balaban J connectivity index is 1.55. The lowest BCUT2D eigenvalue weighted by Crippen LogP contribution is -2.30. The summed E-state index contributed by atoms with van der Waals surface area (Å²) in [7, 11) is 0. The lowest BCUT2D eigenvalue weighted by atomic mass is 9.96. The van der Waals surface area contributed by atoms with Crippen LogP contribution in [0.15, 0.2) is 78.6 Å². The lowest BCUT2D eigenvalue weighted by Gasteiger charge is -2.22. The number of aliphatic hydroxyl groups is 1. The van der Waals surface area contributed by atoms with Crippen LogP contribution in [0.2, 0.25) is 0 Å². The molecule has 4 aromatic rings. The molecule has 0 radical (unpaired) electrons. The number of aromatic amines is 1. The van der Waals surface area contributed by atoms with Crippen molar-refractivity contribution in [1.29, 1.82) is 0 Å². The van der Waals surface area contributed by atoms with Crippen LogP contribution in [0.3, 0.4) is 0 Å². The average Bonchev–Trinajstić information content (AvgIpc) is 3.45. The Hall–Kier alpha value is -4.46. The van der Waals surface area contributed by atoms with Crippen LogP contribution in [0.4, 0.5) is 5.95 Å². The van der Waals surface area contributed by atoms with Crippen molar-refractivity contribution < 1.29 is 19.4 Å². The van der Waals surface area contributed by atoms with Gasteiger partial charge < -0.3 is 14.8 Å². The maximum atomic E-state index is 13.3. The van der Waals surface area contributed by atoms with Crippen molar-refractivity contribution in [1.82, 2.24) is 15.0 Å². The first kappa shape index (κ1) is 23.3. The molecule has 1 aliphatic heterocycles. The molecule has 182 valence electrons. The fourth-order valence-electron chi connectivity index (χ4n) is 4.37. The minimum Gasteiger partial charge on any atom is -0.507 e. The first-order chi connectivity index (χ1) is 17.6. The number of unbranched alkanes of at least 4 members (excludes halogenated alkanes) is 2. The summed E-state index contributed by atoms with van der Waals surface area (Å²) in [5.74, 6) is -0.902. The number of carbonyl (C=O) groups excluding carboxylic acids is 2. The standard InChI is InChI=1S/C28H26N4O4/c1-2-3-6-17-36-20-11-9-19(10-12-20)25(33)23-24(18-13-15-29-16-14-18)32(27(35)26(23)34)28-30-21-7-4-5-8-22(21)31-28/h4-5,7-16,24,33H,2-3,6,17H2,1H3,(H,30,31)/b25-23+. The van der Waals surface area contributed by atoms with Crippen LogP contribution in [0.25, 0.3) is 16.8 Å². The number of hydrogen-bond acceptors (Lipinski definition) is 6. The Bertz CT molecular complexity index is 1390. The SMILES string of the molecule is CCCCCOc1ccc(/C(O)=C2\C(=O)C(=O)N(c3nc4ccccc4[nH]3)C2c2ccncc2)cc1. The van der Waals surface area contributed by atoms with Gasteiger partial charge in [0.25, 0.3) is 5.78 Å². The molecular formula is C28H26N4O4. The summed E-state index contributed by atoms with van der Waals surface area (Å²) in [5.41, 5.74) is 2.43. The van der Waals surface area contributed by atoms with Gasteiger partial charge in [0.15, 0.2) is 0 Å². The molecule has 0 spiro atoms. The smallest absolute Gasteiger partial charge is 0.302 e. The molecule has 8 nitrogen and oxygen atoms in total. The molecule has 2 aromatic heterocycles. The minimum atomic E-state index is -0.876. The Morgan fingerprint density at radius 3 is 2.50 bits per heavy atom. The number of pyridine rings is 1. The van der Waals surface area contributed by atoms with E-state index in [4.69, 9.17) is 4.74 Å². The number of H-pyrrole nitrogens is 1. The van der Waals surface area contributed by atoms with E-state index in [1.54, 1.807) is 48.8 Å². The molecule has 1 fully saturated rings. The lowest BCUT2D eigenvalue weighted by molar-refractivity contribution is -0.132. The number of aliphatic hydroxyl groups excluding tert-OH is 1. The van der Waals surface area contributed by atoms with E-state index in [2.05, 4.69) is 21.9 Å². The van der Waals surface area contributed by atoms with Gasteiger partial charge in [-0.25, -0.2) is 4.98 Å². The molecule has 1 unspecified atom stereocenters. The van der Waals surface area contributed by atoms with Gasteiger partial charge in [-0.05, 0) is 60.5 Å². The number of para-hydroxylation sites is 2. The number of aromatic nitrogens is 3. The predicted molar refractivity (Wildman–Crippen MR) is 137 cm³/mol. The topological polar surface area (TPSA) is 108 Å². The zero-order valence-electron chi connectivity index (χ0n) is 19.8. The summed E-state index contributed by atoms with van der Waals surface area (Å²) < 4.78 is 5.75. The van der Waals surface area contributed by atoms with Gasteiger partial charge in [-0.3, -0.25) is 19.5 Å². The van der Waals surface area contributed by atoms with Crippen molar-refractivity contribution in [2.45, 2.75) is 32.2 Å². The van der Waals surface area contributed by atoms with E-state index in [0.717, 1.165) is 24.8 Å². The summed E-state index contributed by atoms with van der Waals surface area (Å²) in [4.78, 5) is 39.6. The number of rotatable bonds is 8. The highest BCUT2D eigenvalue weighted by Crippen LogP contribution is 2.41. The number of carbonyl (C=O) groups is 2. The van der Waals surface area contributed by atoms with E-state index in [-0.39, 0.29) is 17.3 Å². The van der Waals surface area contributed by atoms with Crippen LogP contribution in [0.1, 0.15) is 43.4 Å². The number of ether oxygens (including phenoxy) is 1. The highest BCUT2D eigenvalue weighted by atomic mass is 16.5. The van der Waals surface area contributed by atoms with E-state index >= 15 is 0 Å². The molecule has 2 aromatic carbocycles. The summed E-state index contributed by atoms with van der Waals surface area (Å²) in [6.07, 6.45) is 6.34. The van der Waals surface area contributed by atoms with Gasteiger partial charge in [-0.2, -0.15) is 0 Å². The van der Waals surface area contributed by atoms with Crippen LogP contribution in [-0.2, 0) is 9.59 Å². The maximum Gasteiger partial charge on any atom is 0.302 e. The van der Waals surface area contributed by atoms with E-state index in [9.17, 15) is 14.7 Å². The number of fused-ring (bicyclic) bond motifs is 1. The Morgan fingerprint density at radius 2 is 1.78 bits per heavy atom. The van der Waals surface area contributed by atoms with Crippen LogP contribution >= 0.6 is 0 Å². The molecule has 2 N–H and O–H groups in total. The highest BCUT2D eigenvalue weighted by Gasteiger charge is 2.48. The number of hydrogen-bond donors (Lipinski definition) is 2. The molecule has 5 rings (SSSR count). The molecule has 1 aliphatic rings. The highest BCUT2D eigenvalue weighted by molar-refractivity contribution is 6.51. The zero-order chi connectivity index (χ0) is 25.1. The van der Waals surface area contributed by atoms with Gasteiger partial charge in [0, 0.05) is 18.0 Å².